The minimum absolute atomic E-state index is 0.132. The predicted molar refractivity (Wildman–Crippen MR) is 111 cm³/mol. The molecule has 2 aromatic carbocycles. The number of nitrogens with zero attached hydrogens (tertiary/aromatic N) is 6. The lowest BCUT2D eigenvalue weighted by molar-refractivity contribution is -0.150. The van der Waals surface area contributed by atoms with Crippen LogP contribution in [0.4, 0.5) is 5.69 Å². The maximum Gasteiger partial charge on any atom is 0.316 e. The first kappa shape index (κ1) is 20.5. The molecule has 0 bridgehead atoms. The summed E-state index contributed by atoms with van der Waals surface area (Å²) in [6.07, 6.45) is 1.60. The zero-order valence-corrected chi connectivity index (χ0v) is 17.0. The van der Waals surface area contributed by atoms with Crippen LogP contribution in [0.15, 0.2) is 54.9 Å². The second kappa shape index (κ2) is 8.52. The third-order valence-electron chi connectivity index (χ3n) is 5.05. The van der Waals surface area contributed by atoms with Crippen LogP contribution in [-0.4, -0.2) is 62.0 Å². The molecule has 0 aliphatic carbocycles. The maximum absolute atomic E-state index is 13.0. The van der Waals surface area contributed by atoms with Gasteiger partial charge in [0, 0.05) is 24.5 Å². The third-order valence-corrected chi connectivity index (χ3v) is 5.29. The number of halogens is 1. The van der Waals surface area contributed by atoms with Crippen LogP contribution in [0.5, 0.6) is 0 Å². The van der Waals surface area contributed by atoms with Crippen molar-refractivity contribution in [2.45, 2.75) is 12.5 Å². The number of amides is 3. The van der Waals surface area contributed by atoms with E-state index < -0.39 is 23.8 Å². The second-order valence-corrected chi connectivity index (χ2v) is 7.39. The van der Waals surface area contributed by atoms with Crippen molar-refractivity contribution in [3.05, 3.63) is 65.4 Å². The highest BCUT2D eigenvalue weighted by molar-refractivity contribution is 6.41. The van der Waals surface area contributed by atoms with Gasteiger partial charge in [0.05, 0.1) is 11.4 Å². The Hall–Kier alpha value is -3.79. The van der Waals surface area contributed by atoms with Gasteiger partial charge >= 0.3 is 11.8 Å². The van der Waals surface area contributed by atoms with Crippen LogP contribution >= 0.6 is 11.6 Å². The Labute approximate surface area is 182 Å². The smallest absolute Gasteiger partial charge is 0.316 e. The number of carbonyl (C=O) groups is 3. The van der Waals surface area contributed by atoms with Crippen LogP contribution in [0, 0.1) is 0 Å². The molecule has 1 atom stereocenters. The van der Waals surface area contributed by atoms with Crippen LogP contribution in [-0.2, 0) is 20.8 Å². The highest BCUT2D eigenvalue weighted by Gasteiger charge is 2.39. The number of piperazine rings is 1. The number of benzene rings is 2. The molecule has 1 fully saturated rings. The van der Waals surface area contributed by atoms with Crippen molar-refractivity contribution in [1.29, 1.82) is 0 Å². The van der Waals surface area contributed by atoms with Crippen LogP contribution < -0.4 is 10.6 Å². The second-order valence-electron chi connectivity index (χ2n) is 6.95. The van der Waals surface area contributed by atoms with E-state index in [9.17, 15) is 14.4 Å². The lowest BCUT2D eigenvalue weighted by atomic mass is 10.0. The van der Waals surface area contributed by atoms with Crippen molar-refractivity contribution >= 4 is 35.0 Å². The molecule has 10 nitrogen and oxygen atoms in total. The fourth-order valence-electron chi connectivity index (χ4n) is 3.56. The lowest BCUT2D eigenvalue weighted by Gasteiger charge is -2.37. The predicted octanol–water partition coefficient (Wildman–Crippen LogP) is 0.587. The van der Waals surface area contributed by atoms with E-state index in [0.717, 1.165) is 5.56 Å². The summed E-state index contributed by atoms with van der Waals surface area (Å²) >= 11 is 6.14. The summed E-state index contributed by atoms with van der Waals surface area (Å²) < 4.78 is 1.37. The molecule has 0 saturated carbocycles. The monoisotopic (exact) mass is 439 g/mol. The van der Waals surface area contributed by atoms with E-state index in [2.05, 4.69) is 15.5 Å². The number of rotatable bonds is 6. The van der Waals surface area contributed by atoms with Gasteiger partial charge in [-0.3, -0.25) is 14.4 Å². The molecular weight excluding hydrogens is 422 g/mol. The van der Waals surface area contributed by atoms with Crippen molar-refractivity contribution in [2.24, 2.45) is 5.73 Å². The average molecular weight is 440 g/mol. The van der Waals surface area contributed by atoms with E-state index in [0.29, 0.717) is 16.4 Å². The van der Waals surface area contributed by atoms with Gasteiger partial charge in [-0.2, -0.15) is 4.68 Å². The number of primary amides is 1. The molecule has 2 N–H and O–H groups in total. The standard InChI is InChI=1S/C20H18ClN7O3/c21-14-6-7-15(28-12-23-24-25-28)16(11-14)26-8-9-27(20(31)19(26)30)17(18(22)29)10-13-4-2-1-3-5-13/h1-7,11-12,17H,8-10H2,(H2,22,29)/t17-/m0/s1. The van der Waals surface area contributed by atoms with Crippen molar-refractivity contribution < 1.29 is 14.4 Å². The molecule has 1 aliphatic rings. The number of nitrogens with two attached hydrogens (primary N) is 1. The fourth-order valence-corrected chi connectivity index (χ4v) is 3.72. The Morgan fingerprint density at radius 3 is 2.52 bits per heavy atom. The number of hydrogen-bond donors (Lipinski definition) is 1. The molecule has 1 aliphatic heterocycles. The van der Waals surface area contributed by atoms with E-state index in [1.54, 1.807) is 18.2 Å². The summed E-state index contributed by atoms with van der Waals surface area (Å²) in [4.78, 5) is 40.7. The molecule has 0 spiro atoms. The maximum atomic E-state index is 13.0. The van der Waals surface area contributed by atoms with E-state index in [-0.39, 0.29) is 19.5 Å². The van der Waals surface area contributed by atoms with Gasteiger partial charge in [0.15, 0.2) is 0 Å². The Balaban J connectivity index is 1.62. The Morgan fingerprint density at radius 1 is 1.06 bits per heavy atom. The fraction of sp³-hybridized carbons (Fsp3) is 0.200. The number of tetrazole rings is 1. The van der Waals surface area contributed by atoms with Crippen LogP contribution in [0.1, 0.15) is 5.56 Å². The number of carbonyl (C=O) groups excluding carboxylic acids is 3. The van der Waals surface area contributed by atoms with Crippen molar-refractivity contribution in [3.8, 4) is 5.69 Å². The number of aromatic nitrogens is 4. The highest BCUT2D eigenvalue weighted by Crippen LogP contribution is 2.29. The number of hydrogen-bond acceptors (Lipinski definition) is 6. The van der Waals surface area contributed by atoms with Gasteiger partial charge in [-0.1, -0.05) is 41.9 Å². The van der Waals surface area contributed by atoms with E-state index in [1.165, 1.54) is 20.8 Å². The first-order valence-electron chi connectivity index (χ1n) is 9.44. The minimum Gasteiger partial charge on any atom is -0.368 e. The molecule has 3 amide bonds. The molecule has 158 valence electrons. The third kappa shape index (κ3) is 4.10. The van der Waals surface area contributed by atoms with Crippen LogP contribution in [0.3, 0.4) is 0 Å². The zero-order chi connectivity index (χ0) is 22.0. The van der Waals surface area contributed by atoms with E-state index in [1.807, 2.05) is 30.3 Å². The largest absolute Gasteiger partial charge is 0.368 e. The zero-order valence-electron chi connectivity index (χ0n) is 16.3. The first-order chi connectivity index (χ1) is 15.0. The summed E-state index contributed by atoms with van der Waals surface area (Å²) in [5.41, 5.74) is 7.29. The molecule has 1 aromatic heterocycles. The van der Waals surface area contributed by atoms with Gasteiger partial charge in [0.25, 0.3) is 0 Å². The molecular formula is C20H18ClN7O3. The van der Waals surface area contributed by atoms with Gasteiger partial charge in [-0.15, -0.1) is 5.10 Å². The Bertz CT molecular complexity index is 1120. The van der Waals surface area contributed by atoms with Crippen LogP contribution in [0.2, 0.25) is 5.02 Å². The van der Waals surface area contributed by atoms with Gasteiger partial charge in [-0.05, 0) is 34.2 Å². The Kier molecular flexibility index (Phi) is 5.63. The average Bonchev–Trinajstić information content (AvgIpc) is 3.29. The summed E-state index contributed by atoms with van der Waals surface area (Å²) in [6, 6.07) is 13.1. The van der Waals surface area contributed by atoms with Gasteiger partial charge in [0.1, 0.15) is 12.4 Å². The molecule has 2 heterocycles. The first-order valence-corrected chi connectivity index (χ1v) is 9.82. The van der Waals surface area contributed by atoms with Gasteiger partial charge < -0.3 is 15.5 Å². The summed E-state index contributed by atoms with van der Waals surface area (Å²) in [5, 5.41) is 11.4. The van der Waals surface area contributed by atoms with Gasteiger partial charge in [0.2, 0.25) is 5.91 Å². The van der Waals surface area contributed by atoms with Crippen LogP contribution in [0.25, 0.3) is 5.69 Å². The van der Waals surface area contributed by atoms with Crippen molar-refractivity contribution in [1.82, 2.24) is 25.1 Å². The Morgan fingerprint density at radius 2 is 1.84 bits per heavy atom. The van der Waals surface area contributed by atoms with Gasteiger partial charge in [-0.25, -0.2) is 0 Å². The minimum atomic E-state index is -0.931. The summed E-state index contributed by atoms with van der Waals surface area (Å²) in [6.45, 7) is 0.283. The summed E-state index contributed by atoms with van der Waals surface area (Å²) in [5.74, 6) is -2.27. The quantitative estimate of drug-likeness (QED) is 0.560. The van der Waals surface area contributed by atoms with Crippen molar-refractivity contribution in [3.63, 3.8) is 0 Å². The molecule has 0 radical (unpaired) electrons. The molecule has 4 rings (SSSR count). The van der Waals surface area contributed by atoms with E-state index >= 15 is 0 Å². The molecule has 1 saturated heterocycles. The summed E-state index contributed by atoms with van der Waals surface area (Å²) in [7, 11) is 0. The number of anilines is 1. The topological polar surface area (TPSA) is 127 Å². The van der Waals surface area contributed by atoms with E-state index in [4.69, 9.17) is 17.3 Å². The normalized spacial score (nSPS) is 15.3. The SMILES string of the molecule is NC(=O)[C@H](Cc1ccccc1)N1CCN(c2cc(Cl)ccc2-n2cnnn2)C(=O)C1=O. The molecule has 31 heavy (non-hydrogen) atoms. The van der Waals surface area contributed by atoms with Crippen molar-refractivity contribution in [2.75, 3.05) is 18.0 Å². The highest BCUT2D eigenvalue weighted by atomic mass is 35.5. The molecule has 3 aromatic rings. The lowest BCUT2D eigenvalue weighted by Crippen LogP contribution is -2.60. The molecule has 11 heteroatoms. The molecule has 0 unspecified atom stereocenters.